The number of amides is 1. The highest BCUT2D eigenvalue weighted by molar-refractivity contribution is 9.09. The van der Waals surface area contributed by atoms with E-state index < -0.39 is 0 Å². The van der Waals surface area contributed by atoms with Gasteiger partial charge in [0.15, 0.2) is 0 Å². The molecule has 0 aromatic carbocycles. The van der Waals surface area contributed by atoms with Crippen LogP contribution in [0.5, 0.6) is 0 Å². The number of hydrogen-bond donors (Lipinski definition) is 4. The molecule has 0 radical (unpaired) electrons. The van der Waals surface area contributed by atoms with E-state index in [9.17, 15) is 10.1 Å². The molecule has 0 aromatic heterocycles. The van der Waals surface area contributed by atoms with Crippen molar-refractivity contribution in [1.82, 2.24) is 26.2 Å². The number of carbonyl (C=O) groups is 1. The summed E-state index contributed by atoms with van der Waals surface area (Å²) >= 11 is 4.00. The van der Waals surface area contributed by atoms with Gasteiger partial charge in [0.25, 0.3) is 0 Å². The number of hydrogen-bond acceptors (Lipinski definition) is 8. The maximum absolute atomic E-state index is 12.9. The van der Waals surface area contributed by atoms with Gasteiger partial charge in [-0.2, -0.15) is 5.26 Å². The first-order valence-electron chi connectivity index (χ1n) is 16.2. The Morgan fingerprint density at radius 3 is 2.66 bits per heavy atom. The Hall–Kier alpha value is -0.800. The predicted octanol–water partition coefficient (Wildman–Crippen LogP) is 2.79. The fourth-order valence-electron chi connectivity index (χ4n) is 7.53. The number of nitrogens with one attached hydrogen (secondary N) is 4. The lowest BCUT2D eigenvalue weighted by Crippen LogP contribution is -2.66. The van der Waals surface area contributed by atoms with E-state index in [1.807, 2.05) is 21.0 Å². The molecule has 1 amide bonds. The van der Waals surface area contributed by atoms with Gasteiger partial charge in [0.1, 0.15) is 0 Å². The normalized spacial score (nSPS) is 39.6. The van der Waals surface area contributed by atoms with E-state index >= 15 is 0 Å². The molecule has 4 aliphatic rings. The van der Waals surface area contributed by atoms with Crippen LogP contribution in [0.15, 0.2) is 0 Å². The van der Waals surface area contributed by atoms with E-state index in [1.54, 1.807) is 0 Å². The molecule has 4 rings (SSSR count). The van der Waals surface area contributed by atoms with Crippen molar-refractivity contribution >= 4 is 21.8 Å². The molecule has 2 saturated heterocycles. The molecule has 0 aromatic rings. The monoisotopic (exact) mass is 638 g/mol. The first kappa shape index (κ1) is 33.1. The highest BCUT2D eigenvalue weighted by Crippen LogP contribution is 2.37. The van der Waals surface area contributed by atoms with Gasteiger partial charge in [-0.15, -0.1) is 0 Å². The molecule has 10 heteroatoms. The summed E-state index contributed by atoms with van der Waals surface area (Å²) in [6.07, 6.45) is 8.88. The van der Waals surface area contributed by atoms with Crippen LogP contribution in [0.3, 0.4) is 0 Å². The Kier molecular flexibility index (Phi) is 13.2. The number of piperidine rings is 2. The quantitative estimate of drug-likeness (QED) is 0.242. The fourth-order valence-corrected chi connectivity index (χ4v) is 8.36. The first-order chi connectivity index (χ1) is 19.8. The molecule has 2 saturated carbocycles. The Bertz CT molecular complexity index is 858. The maximum atomic E-state index is 12.9. The number of fused-ring (bicyclic) bond motifs is 1. The smallest absolute Gasteiger partial charge is 0.220 e. The molecule has 11 unspecified atom stereocenters. The Labute approximate surface area is 256 Å². The number of nitrogens with zero attached hydrogens (tertiary/aromatic N) is 2. The maximum Gasteiger partial charge on any atom is 0.220 e. The van der Waals surface area contributed by atoms with Crippen molar-refractivity contribution < 1.29 is 14.3 Å². The van der Waals surface area contributed by atoms with Gasteiger partial charge in [0.2, 0.25) is 5.91 Å². The van der Waals surface area contributed by atoms with Crippen LogP contribution in [0.25, 0.3) is 0 Å². The van der Waals surface area contributed by atoms with Gasteiger partial charge in [-0.1, -0.05) is 22.9 Å². The van der Waals surface area contributed by atoms with Crippen molar-refractivity contribution in [3.63, 3.8) is 0 Å². The highest BCUT2D eigenvalue weighted by atomic mass is 79.9. The summed E-state index contributed by atoms with van der Waals surface area (Å²) in [4.78, 5) is 15.3. The summed E-state index contributed by atoms with van der Waals surface area (Å²) in [5.74, 6) is 0.914. The summed E-state index contributed by atoms with van der Waals surface area (Å²) in [7, 11) is 4.07. The lowest BCUT2D eigenvalue weighted by Gasteiger charge is -2.50. The first-order valence-corrected chi connectivity index (χ1v) is 17.1. The third-order valence-electron chi connectivity index (χ3n) is 9.95. The standard InChI is InChI=1S/C31H55BrN6O3/c1-5-40-29-16-26-23(15-27(29)36-30(39)9-7-13-38(3)4)31(21(17-33)18-35-26)37-25-11-10-22(14-24(25)32)41-19-28-20(2)8-6-12-34-28/h20-29,31,34-35,37H,5-16,18-19H2,1-4H3,(H,36,39). The van der Waals surface area contributed by atoms with Crippen LogP contribution < -0.4 is 21.3 Å². The van der Waals surface area contributed by atoms with Gasteiger partial charge < -0.3 is 35.6 Å². The Morgan fingerprint density at radius 1 is 1.12 bits per heavy atom. The molecule has 11 atom stereocenters. The van der Waals surface area contributed by atoms with Crippen LogP contribution in [0.4, 0.5) is 0 Å². The van der Waals surface area contributed by atoms with E-state index in [1.165, 1.54) is 12.8 Å². The number of carbonyl (C=O) groups excluding carboxylic acids is 1. The van der Waals surface area contributed by atoms with Crippen LogP contribution in [-0.4, -0.2) is 105 Å². The summed E-state index contributed by atoms with van der Waals surface area (Å²) < 4.78 is 12.6. The molecular weight excluding hydrogens is 584 g/mol. The van der Waals surface area contributed by atoms with Crippen molar-refractivity contribution in [2.45, 2.75) is 119 Å². The number of rotatable bonds is 12. The molecular formula is C31H55BrN6O3. The fraction of sp³-hybridized carbons (Fsp3) is 0.935. The van der Waals surface area contributed by atoms with Gasteiger partial charge in [-0.25, -0.2) is 0 Å². The van der Waals surface area contributed by atoms with E-state index in [2.05, 4.69) is 55.1 Å². The summed E-state index contributed by atoms with van der Waals surface area (Å²) in [5, 5.41) is 24.7. The van der Waals surface area contributed by atoms with Crippen molar-refractivity contribution in [2.24, 2.45) is 17.8 Å². The second-order valence-electron chi connectivity index (χ2n) is 13.2. The number of nitriles is 1. The van der Waals surface area contributed by atoms with Crippen molar-refractivity contribution in [1.29, 1.82) is 5.26 Å². The number of alkyl halides is 1. The van der Waals surface area contributed by atoms with Gasteiger partial charge in [-0.05, 0) is 97.3 Å². The average molecular weight is 640 g/mol. The summed E-state index contributed by atoms with van der Waals surface area (Å²) in [6, 6.07) is 3.67. The van der Waals surface area contributed by atoms with Crippen LogP contribution in [0, 0.1) is 29.1 Å². The molecule has 0 bridgehead atoms. The van der Waals surface area contributed by atoms with Crippen LogP contribution in [0.2, 0.25) is 0 Å². The van der Waals surface area contributed by atoms with E-state index in [0.717, 1.165) is 58.2 Å². The van der Waals surface area contributed by atoms with E-state index in [-0.39, 0.29) is 48.1 Å². The van der Waals surface area contributed by atoms with E-state index in [4.69, 9.17) is 9.47 Å². The lowest BCUT2D eigenvalue weighted by molar-refractivity contribution is -0.124. The zero-order chi connectivity index (χ0) is 29.4. The molecule has 4 fully saturated rings. The van der Waals surface area contributed by atoms with Crippen LogP contribution >= 0.6 is 15.9 Å². The zero-order valence-corrected chi connectivity index (χ0v) is 27.3. The topological polar surface area (TPSA) is 111 Å². The third kappa shape index (κ3) is 9.34. The predicted molar refractivity (Wildman–Crippen MR) is 166 cm³/mol. The minimum Gasteiger partial charge on any atom is -0.377 e. The molecule has 41 heavy (non-hydrogen) atoms. The number of ether oxygens (including phenoxy) is 2. The minimum absolute atomic E-state index is 0.0104. The molecule has 234 valence electrons. The zero-order valence-electron chi connectivity index (χ0n) is 25.7. The summed E-state index contributed by atoms with van der Waals surface area (Å²) in [5.41, 5.74) is 0. The van der Waals surface area contributed by atoms with Crippen molar-refractivity contribution in [3.05, 3.63) is 0 Å². The molecule has 2 heterocycles. The second kappa shape index (κ2) is 16.3. The average Bonchev–Trinajstić information content (AvgIpc) is 2.94. The van der Waals surface area contributed by atoms with Crippen molar-refractivity contribution in [3.8, 4) is 6.07 Å². The minimum atomic E-state index is -0.108. The van der Waals surface area contributed by atoms with Gasteiger partial charge >= 0.3 is 0 Å². The van der Waals surface area contributed by atoms with Crippen molar-refractivity contribution in [2.75, 3.05) is 46.9 Å². The SMILES string of the molecule is CCOC1CC2NCC(C#N)C(NC3CCC(OCC4NCCCC4C)CC3Br)C2CC1NC(=O)CCCN(C)C. The van der Waals surface area contributed by atoms with Gasteiger partial charge in [0, 0.05) is 48.6 Å². The molecule has 9 nitrogen and oxygen atoms in total. The van der Waals surface area contributed by atoms with Gasteiger partial charge in [-0.3, -0.25) is 4.79 Å². The summed E-state index contributed by atoms with van der Waals surface area (Å²) in [6.45, 7) is 8.46. The molecule has 2 aliphatic heterocycles. The molecule has 0 spiro atoms. The Balaban J connectivity index is 1.35. The highest BCUT2D eigenvalue weighted by Gasteiger charge is 2.48. The Morgan fingerprint density at radius 2 is 1.95 bits per heavy atom. The largest absolute Gasteiger partial charge is 0.377 e. The molecule has 4 N–H and O–H groups in total. The number of halogens is 1. The second-order valence-corrected chi connectivity index (χ2v) is 14.4. The van der Waals surface area contributed by atoms with E-state index in [0.29, 0.717) is 42.4 Å². The van der Waals surface area contributed by atoms with Crippen LogP contribution in [-0.2, 0) is 14.3 Å². The lowest BCUT2D eigenvalue weighted by atomic mass is 9.69. The van der Waals surface area contributed by atoms with Gasteiger partial charge in [0.05, 0.1) is 36.8 Å². The third-order valence-corrected chi connectivity index (χ3v) is 11.0. The van der Waals surface area contributed by atoms with Crippen LogP contribution in [0.1, 0.15) is 71.6 Å². The molecule has 2 aliphatic carbocycles.